The number of unbranched alkanes of at least 4 members (excludes halogenated alkanes) is 4. The van der Waals surface area contributed by atoms with Crippen LogP contribution in [0.1, 0.15) is 97.0 Å². The molecule has 1 aromatic carbocycles. The number of hydrogen-bond acceptors (Lipinski definition) is 9. The van der Waals surface area contributed by atoms with Crippen molar-refractivity contribution in [3.8, 4) is 11.5 Å². The second kappa shape index (κ2) is 17.3. The molecule has 37 heavy (non-hydrogen) atoms. The summed E-state index contributed by atoms with van der Waals surface area (Å²) in [5, 5.41) is 9.59. The van der Waals surface area contributed by atoms with E-state index in [0.717, 1.165) is 25.7 Å². The summed E-state index contributed by atoms with van der Waals surface area (Å²) in [7, 11) is 0. The van der Waals surface area contributed by atoms with Crippen molar-refractivity contribution in [2.75, 3.05) is 6.61 Å². The molecule has 0 saturated heterocycles. The van der Waals surface area contributed by atoms with Crippen molar-refractivity contribution < 1.29 is 43.2 Å². The molecule has 0 bridgehead atoms. The average Bonchev–Trinajstić information content (AvgIpc) is 2.83. The normalized spacial score (nSPS) is 13.2. The van der Waals surface area contributed by atoms with E-state index in [0.29, 0.717) is 18.4 Å². The Hall–Kier alpha value is -3.14. The van der Waals surface area contributed by atoms with E-state index < -0.39 is 42.1 Å². The minimum atomic E-state index is -1.34. The first-order chi connectivity index (χ1) is 17.6. The summed E-state index contributed by atoms with van der Waals surface area (Å²) in [5.41, 5.74) is 6.41. The molecule has 0 heterocycles. The van der Waals surface area contributed by atoms with Crippen molar-refractivity contribution >= 4 is 24.1 Å². The van der Waals surface area contributed by atoms with Gasteiger partial charge in [-0.1, -0.05) is 45.6 Å². The van der Waals surface area contributed by atoms with Crippen molar-refractivity contribution in [2.45, 2.75) is 104 Å². The molecule has 0 aromatic heterocycles. The zero-order chi connectivity index (χ0) is 27.8. The Labute approximate surface area is 218 Å². The minimum absolute atomic E-state index is 0.00407. The molecule has 0 aliphatic rings. The highest BCUT2D eigenvalue weighted by atomic mass is 16.7. The van der Waals surface area contributed by atoms with Gasteiger partial charge in [0.1, 0.15) is 12.1 Å². The van der Waals surface area contributed by atoms with E-state index in [-0.39, 0.29) is 37.4 Å². The Morgan fingerprint density at radius 1 is 0.892 bits per heavy atom. The molecule has 1 rings (SSSR count). The van der Waals surface area contributed by atoms with Gasteiger partial charge in [0.05, 0.1) is 6.61 Å². The largest absolute Gasteiger partial charge is 0.508 e. The first-order valence-corrected chi connectivity index (χ1v) is 13.0. The number of esters is 2. The van der Waals surface area contributed by atoms with Gasteiger partial charge >= 0.3 is 24.1 Å². The van der Waals surface area contributed by atoms with Crippen molar-refractivity contribution in [3.63, 3.8) is 0 Å². The molecule has 3 atom stereocenters. The Bertz CT molecular complexity index is 887. The first-order valence-electron chi connectivity index (χ1n) is 13.0. The predicted molar refractivity (Wildman–Crippen MR) is 137 cm³/mol. The zero-order valence-electron chi connectivity index (χ0n) is 22.3. The summed E-state index contributed by atoms with van der Waals surface area (Å²) in [5.74, 6) is -2.95. The topological polar surface area (TPSA) is 151 Å². The number of hydrogen-bond donors (Lipinski definition) is 2. The molecule has 2 unspecified atom stereocenters. The number of nitrogens with two attached hydrogens (primary N) is 1. The fraction of sp³-hybridized carbons (Fsp3) is 0.630. The summed E-state index contributed by atoms with van der Waals surface area (Å²) in [4.78, 5) is 48.3. The van der Waals surface area contributed by atoms with Gasteiger partial charge in [-0.3, -0.25) is 14.4 Å². The van der Waals surface area contributed by atoms with E-state index in [1.807, 2.05) is 13.8 Å². The lowest BCUT2D eigenvalue weighted by atomic mass is 9.87. The van der Waals surface area contributed by atoms with Gasteiger partial charge in [-0.15, -0.1) is 0 Å². The maximum absolute atomic E-state index is 12.5. The van der Waals surface area contributed by atoms with Crippen LogP contribution in [0.2, 0.25) is 0 Å². The van der Waals surface area contributed by atoms with Crippen LogP contribution < -0.4 is 15.2 Å². The van der Waals surface area contributed by atoms with Crippen LogP contribution in [0, 0.1) is 0 Å². The maximum Gasteiger partial charge on any atom is 0.508 e. The molecule has 0 aliphatic carbocycles. The molecule has 10 heteroatoms. The third kappa shape index (κ3) is 12.1. The lowest BCUT2D eigenvalue weighted by Gasteiger charge is -2.25. The summed E-state index contributed by atoms with van der Waals surface area (Å²) < 4.78 is 21.0. The summed E-state index contributed by atoms with van der Waals surface area (Å²) >= 11 is 0. The highest BCUT2D eigenvalue weighted by molar-refractivity contribution is 5.77. The van der Waals surface area contributed by atoms with Gasteiger partial charge in [0.15, 0.2) is 11.5 Å². The average molecular weight is 524 g/mol. The van der Waals surface area contributed by atoms with Crippen molar-refractivity contribution in [1.82, 2.24) is 0 Å². The van der Waals surface area contributed by atoms with Gasteiger partial charge in [-0.2, -0.15) is 0 Å². The quantitative estimate of drug-likeness (QED) is 0.160. The van der Waals surface area contributed by atoms with Gasteiger partial charge in [-0.25, -0.2) is 4.79 Å². The summed E-state index contributed by atoms with van der Waals surface area (Å²) in [6, 6.07) is 3.13. The van der Waals surface area contributed by atoms with Crippen LogP contribution in [0.3, 0.4) is 0 Å². The van der Waals surface area contributed by atoms with Gasteiger partial charge in [0, 0.05) is 18.8 Å². The Kier molecular flexibility index (Phi) is 14.9. The minimum Gasteiger partial charge on any atom is -0.480 e. The number of carboxylic acid groups (broad SMARTS) is 1. The number of carbonyl (C=O) groups excluding carboxylic acids is 3. The van der Waals surface area contributed by atoms with Crippen LogP contribution in [0.5, 0.6) is 11.5 Å². The van der Waals surface area contributed by atoms with Gasteiger partial charge < -0.3 is 29.8 Å². The predicted octanol–water partition coefficient (Wildman–Crippen LogP) is 5.11. The van der Waals surface area contributed by atoms with Crippen LogP contribution >= 0.6 is 0 Å². The monoisotopic (exact) mass is 523 g/mol. The fourth-order valence-corrected chi connectivity index (χ4v) is 3.69. The second-order valence-electron chi connectivity index (χ2n) is 8.89. The SMILES string of the molecule is CCCCCC(=O)Oc1ccc(C(CC(C)OC(=O)OCC)[C@H](N)C(=O)O)cc1OC(=O)CCCCC. The highest BCUT2D eigenvalue weighted by Crippen LogP contribution is 2.35. The highest BCUT2D eigenvalue weighted by Gasteiger charge is 2.30. The van der Waals surface area contributed by atoms with E-state index >= 15 is 0 Å². The van der Waals surface area contributed by atoms with Gasteiger partial charge in [-0.05, 0) is 50.8 Å². The summed E-state index contributed by atoms with van der Waals surface area (Å²) in [6.07, 6.45) is 3.83. The number of rotatable bonds is 17. The second-order valence-corrected chi connectivity index (χ2v) is 8.89. The third-order valence-corrected chi connectivity index (χ3v) is 5.68. The smallest absolute Gasteiger partial charge is 0.480 e. The van der Waals surface area contributed by atoms with Gasteiger partial charge in [0.25, 0.3) is 0 Å². The van der Waals surface area contributed by atoms with Crippen LogP contribution in [-0.4, -0.2) is 47.9 Å². The molecule has 0 saturated carbocycles. The molecule has 0 fully saturated rings. The lowest BCUT2D eigenvalue weighted by molar-refractivity contribution is -0.139. The maximum atomic E-state index is 12.5. The molecule has 0 amide bonds. The molecule has 0 spiro atoms. The first kappa shape index (κ1) is 31.9. The lowest BCUT2D eigenvalue weighted by Crippen LogP contribution is -2.38. The zero-order valence-corrected chi connectivity index (χ0v) is 22.3. The van der Waals surface area contributed by atoms with E-state index in [2.05, 4.69) is 0 Å². The third-order valence-electron chi connectivity index (χ3n) is 5.68. The molecule has 1 aromatic rings. The number of ether oxygens (including phenoxy) is 4. The molecular weight excluding hydrogens is 482 g/mol. The van der Waals surface area contributed by atoms with E-state index in [1.165, 1.54) is 12.1 Å². The standard InChI is InChI=1S/C27H41NO9/c1-5-8-10-12-23(29)36-21-15-14-19(17-22(21)37-24(30)13-11-9-6-2)20(25(28)26(31)32)16-18(4)35-27(33)34-7-3/h14-15,17-18,20,25H,5-13,16,28H2,1-4H3,(H,31,32)/t18?,20?,25-/m0/s1. The molecule has 208 valence electrons. The van der Waals surface area contributed by atoms with Gasteiger partial charge in [0.2, 0.25) is 0 Å². The van der Waals surface area contributed by atoms with E-state index in [4.69, 9.17) is 24.7 Å². The van der Waals surface area contributed by atoms with E-state index in [1.54, 1.807) is 19.9 Å². The molecule has 0 radical (unpaired) electrons. The molecule has 10 nitrogen and oxygen atoms in total. The number of aliphatic carboxylic acids is 1. The summed E-state index contributed by atoms with van der Waals surface area (Å²) in [6.45, 7) is 7.41. The molecule has 0 aliphatic heterocycles. The molecule has 3 N–H and O–H groups in total. The fourth-order valence-electron chi connectivity index (χ4n) is 3.69. The Morgan fingerprint density at radius 3 is 1.97 bits per heavy atom. The Balaban J connectivity index is 3.25. The number of carbonyl (C=O) groups is 4. The van der Waals surface area contributed by atoms with Crippen molar-refractivity contribution in [1.29, 1.82) is 0 Å². The van der Waals surface area contributed by atoms with Crippen LogP contribution in [0.4, 0.5) is 4.79 Å². The van der Waals surface area contributed by atoms with E-state index in [9.17, 15) is 24.3 Å². The number of carboxylic acids is 1. The number of benzene rings is 1. The van der Waals surface area contributed by atoms with Crippen LogP contribution in [0.15, 0.2) is 18.2 Å². The van der Waals surface area contributed by atoms with Crippen molar-refractivity contribution in [2.24, 2.45) is 5.73 Å². The van der Waals surface area contributed by atoms with Crippen LogP contribution in [-0.2, 0) is 23.9 Å². The van der Waals surface area contributed by atoms with Crippen molar-refractivity contribution in [3.05, 3.63) is 23.8 Å². The Morgan fingerprint density at radius 2 is 1.46 bits per heavy atom. The molecular formula is C27H41NO9. The van der Waals surface area contributed by atoms with Crippen LogP contribution in [0.25, 0.3) is 0 Å².